The third kappa shape index (κ3) is 3.53. The van der Waals surface area contributed by atoms with Crippen molar-refractivity contribution in [2.75, 3.05) is 0 Å². The second kappa shape index (κ2) is 9.99. The average Bonchev–Trinajstić information content (AvgIpc) is 3.75. The molecule has 0 aliphatic heterocycles. The fraction of sp³-hybridized carbons (Fsp3) is 0.0980. The van der Waals surface area contributed by atoms with Gasteiger partial charge in [-0.1, -0.05) is 147 Å². The fourth-order valence-corrected chi connectivity index (χ4v) is 10.4. The highest BCUT2D eigenvalue weighted by atomic mass is 15.0. The Morgan fingerprint density at radius 1 is 0.500 bits per heavy atom. The number of rotatable bonds is 3. The Hall–Kier alpha value is -6.18. The maximum absolute atomic E-state index is 2.52. The number of hydrogen-bond donors (Lipinski definition) is 0. The monoisotopic (exact) mass is 661 g/mol. The van der Waals surface area contributed by atoms with Crippen molar-refractivity contribution >= 4 is 43.7 Å². The summed E-state index contributed by atoms with van der Waals surface area (Å²) in [5.74, 6) is 0.638. The molecule has 8 aromatic rings. The van der Waals surface area contributed by atoms with Crippen molar-refractivity contribution in [2.24, 2.45) is 5.92 Å². The summed E-state index contributed by atoms with van der Waals surface area (Å²) >= 11 is 0. The first kappa shape index (κ1) is 28.5. The van der Waals surface area contributed by atoms with Gasteiger partial charge in [-0.3, -0.25) is 0 Å². The van der Waals surface area contributed by atoms with Crippen molar-refractivity contribution in [1.82, 2.24) is 4.57 Å². The van der Waals surface area contributed by atoms with Crippen LogP contribution in [0, 0.1) is 5.92 Å². The van der Waals surface area contributed by atoms with Gasteiger partial charge in [0.15, 0.2) is 0 Å². The summed E-state index contributed by atoms with van der Waals surface area (Å²) in [6.07, 6.45) is 9.35. The van der Waals surface area contributed by atoms with E-state index in [9.17, 15) is 0 Å². The van der Waals surface area contributed by atoms with Crippen molar-refractivity contribution in [2.45, 2.75) is 25.2 Å². The first-order valence-corrected chi connectivity index (χ1v) is 18.6. The van der Waals surface area contributed by atoms with Crippen LogP contribution in [-0.2, 0) is 5.41 Å². The Labute approximate surface area is 303 Å². The van der Waals surface area contributed by atoms with Gasteiger partial charge in [0.25, 0.3) is 0 Å². The van der Waals surface area contributed by atoms with Crippen molar-refractivity contribution < 1.29 is 0 Å². The van der Waals surface area contributed by atoms with Gasteiger partial charge in [-0.2, -0.15) is 0 Å². The van der Waals surface area contributed by atoms with Gasteiger partial charge in [0.1, 0.15) is 0 Å². The molecule has 1 nitrogen and oxygen atoms in total. The van der Waals surface area contributed by atoms with E-state index in [-0.39, 0.29) is 5.41 Å². The van der Waals surface area contributed by atoms with Crippen LogP contribution < -0.4 is 0 Å². The van der Waals surface area contributed by atoms with Crippen LogP contribution in [0.2, 0.25) is 0 Å². The van der Waals surface area contributed by atoms with Crippen LogP contribution >= 0.6 is 0 Å². The van der Waals surface area contributed by atoms with Gasteiger partial charge in [-0.05, 0) is 108 Å². The van der Waals surface area contributed by atoms with Gasteiger partial charge in [-0.15, -0.1) is 0 Å². The zero-order valence-corrected chi connectivity index (χ0v) is 29.2. The number of fused-ring (bicyclic) bond motifs is 6. The number of allylic oxidation sites excluding steroid dienone is 5. The average molecular weight is 662 g/mol. The van der Waals surface area contributed by atoms with E-state index in [1.54, 1.807) is 0 Å². The molecular weight excluding hydrogens is 627 g/mol. The molecule has 7 aromatic carbocycles. The molecule has 2 unspecified atom stereocenters. The Balaban J connectivity index is 1.09. The number of nitrogens with zero attached hydrogens (tertiary/aromatic N) is 1. The van der Waals surface area contributed by atoms with Crippen LogP contribution in [0.4, 0.5) is 0 Å². The molecule has 1 heterocycles. The minimum absolute atomic E-state index is 0.0194. The second-order valence-electron chi connectivity index (χ2n) is 15.6. The molecule has 12 rings (SSSR count). The maximum atomic E-state index is 2.52. The van der Waals surface area contributed by atoms with E-state index in [1.807, 2.05) is 0 Å². The van der Waals surface area contributed by atoms with E-state index in [0.717, 1.165) is 0 Å². The third-order valence-electron chi connectivity index (χ3n) is 12.7. The molecule has 0 amide bonds. The summed E-state index contributed by atoms with van der Waals surface area (Å²) < 4.78 is 2.52. The van der Waals surface area contributed by atoms with E-state index in [0.29, 0.717) is 11.8 Å². The summed E-state index contributed by atoms with van der Waals surface area (Å²) in [4.78, 5) is 0. The third-order valence-corrected chi connectivity index (χ3v) is 12.7. The Bertz CT molecular complexity index is 2960. The zero-order valence-electron chi connectivity index (χ0n) is 29.2. The molecule has 1 aromatic heterocycles. The van der Waals surface area contributed by atoms with Gasteiger partial charge >= 0.3 is 0 Å². The molecule has 52 heavy (non-hydrogen) atoms. The summed E-state index contributed by atoms with van der Waals surface area (Å²) in [6, 6.07) is 52.8. The highest BCUT2D eigenvalue weighted by Gasteiger charge is 2.41. The molecular formula is C51H35N. The van der Waals surface area contributed by atoms with Gasteiger partial charge in [0, 0.05) is 33.7 Å². The summed E-state index contributed by atoms with van der Waals surface area (Å²) in [7, 11) is 0. The van der Waals surface area contributed by atoms with Gasteiger partial charge in [0.2, 0.25) is 0 Å². The molecule has 4 aliphatic carbocycles. The lowest BCUT2D eigenvalue weighted by Gasteiger charge is -2.22. The molecule has 0 N–H and O–H groups in total. The van der Waals surface area contributed by atoms with E-state index >= 15 is 0 Å². The van der Waals surface area contributed by atoms with Gasteiger partial charge in [-0.25, -0.2) is 0 Å². The van der Waals surface area contributed by atoms with Crippen molar-refractivity contribution in [3.8, 4) is 27.9 Å². The van der Waals surface area contributed by atoms with Gasteiger partial charge < -0.3 is 4.57 Å². The van der Waals surface area contributed by atoms with Crippen LogP contribution in [0.1, 0.15) is 53.1 Å². The van der Waals surface area contributed by atoms with E-state index in [4.69, 9.17) is 0 Å². The van der Waals surface area contributed by atoms with Crippen LogP contribution in [0.15, 0.2) is 164 Å². The minimum atomic E-state index is -0.0194. The lowest BCUT2D eigenvalue weighted by atomic mass is 9.81. The first-order valence-electron chi connectivity index (χ1n) is 18.6. The molecule has 0 spiro atoms. The maximum Gasteiger partial charge on any atom is 0.0547 e. The van der Waals surface area contributed by atoms with E-state index in [1.165, 1.54) is 105 Å². The lowest BCUT2D eigenvalue weighted by Crippen LogP contribution is -2.14. The molecule has 0 fully saturated rings. The molecule has 2 atom stereocenters. The Morgan fingerprint density at radius 3 is 2.08 bits per heavy atom. The molecule has 244 valence electrons. The summed E-state index contributed by atoms with van der Waals surface area (Å²) in [5, 5.41) is 5.43. The number of aromatic nitrogens is 1. The Morgan fingerprint density at radius 2 is 1.21 bits per heavy atom. The molecule has 1 heteroatoms. The highest BCUT2D eigenvalue weighted by molar-refractivity contribution is 6.31. The largest absolute Gasteiger partial charge is 0.309 e. The normalized spacial score (nSPS) is 18.5. The van der Waals surface area contributed by atoms with Crippen LogP contribution in [0.25, 0.3) is 71.7 Å². The fourth-order valence-electron chi connectivity index (χ4n) is 10.4. The van der Waals surface area contributed by atoms with Crippen molar-refractivity contribution in [3.63, 3.8) is 0 Å². The van der Waals surface area contributed by atoms with Gasteiger partial charge in [0.05, 0.1) is 11.0 Å². The summed E-state index contributed by atoms with van der Waals surface area (Å²) in [5.41, 5.74) is 20.2. The molecule has 4 aliphatic rings. The van der Waals surface area contributed by atoms with Crippen LogP contribution in [0.3, 0.4) is 0 Å². The highest BCUT2D eigenvalue weighted by Crippen LogP contribution is 2.59. The minimum Gasteiger partial charge on any atom is -0.309 e. The van der Waals surface area contributed by atoms with E-state index < -0.39 is 0 Å². The van der Waals surface area contributed by atoms with Crippen molar-refractivity contribution in [1.29, 1.82) is 0 Å². The topological polar surface area (TPSA) is 4.93 Å². The smallest absolute Gasteiger partial charge is 0.0547 e. The first-order chi connectivity index (χ1) is 25.6. The molecule has 0 radical (unpaired) electrons. The quantitative estimate of drug-likeness (QED) is 0.178. The SMILES string of the molecule is CC1(C)c2ccccc2-c2ccc(-c3ccc(-n4c5ccc6c7c5c5c8c(cccc8ccc54)C(c4ccccc4)=C7C4C=CC=CC64)cc3)cc21. The van der Waals surface area contributed by atoms with Crippen LogP contribution in [0.5, 0.6) is 0 Å². The van der Waals surface area contributed by atoms with E-state index in [2.05, 4.69) is 182 Å². The lowest BCUT2D eigenvalue weighted by molar-refractivity contribution is 0.660. The Kier molecular flexibility index (Phi) is 5.48. The number of hydrogen-bond acceptors (Lipinski definition) is 0. The van der Waals surface area contributed by atoms with Crippen LogP contribution in [-0.4, -0.2) is 4.57 Å². The second-order valence-corrected chi connectivity index (χ2v) is 15.6. The molecule has 0 saturated heterocycles. The molecule has 0 saturated carbocycles. The zero-order chi connectivity index (χ0) is 34.3. The standard InChI is InChI=1S/C51H35N/c1-51(2)41-18-9-8-15-36(41)37-25-21-33(29-42(37)51)30-19-23-34(24-20-30)52-43-27-22-32-13-10-17-40-45(31-11-4-3-5-12-31)47-38-16-7-6-14-35(38)39-26-28-44(52)50(48(39)47)49(43)46(32)40/h3-29,35,38H,1-2H3. The number of benzene rings is 7. The predicted octanol–water partition coefficient (Wildman–Crippen LogP) is 13.0. The summed E-state index contributed by atoms with van der Waals surface area (Å²) in [6.45, 7) is 4.72. The molecule has 0 bridgehead atoms. The van der Waals surface area contributed by atoms with Crippen molar-refractivity contribution in [3.05, 3.63) is 197 Å². The predicted molar refractivity (Wildman–Crippen MR) is 218 cm³/mol.